The maximum Gasteiger partial charge on any atom is 0 e. The number of carbonyl (C=O) groups is 1. The summed E-state index contributed by atoms with van der Waals surface area (Å²) in [6, 6.07) is 11.3. The summed E-state index contributed by atoms with van der Waals surface area (Å²) in [5, 5.41) is 0.585. The van der Waals surface area contributed by atoms with Gasteiger partial charge in [-0.15, -0.1) is 6.42 Å². The first-order valence-electron chi connectivity index (χ1n) is 12.0. The van der Waals surface area contributed by atoms with Gasteiger partial charge in [0.1, 0.15) is 11.4 Å². The standard InChI is InChI=1S/C26H27N3O3.6CO.2Co/c1-6-13-29(19-10-7-17(8-11-19)25(31)32-26(3,4)5)23-12-9-18-14-22-21(15-20(18)23)24(30)28-16(2)27-22;6*1-2;;/h1,7-8,10-11,14-15,23H,9,12-13H2,2-5H3,(H,27,28,30);;;;;;;;. The summed E-state index contributed by atoms with van der Waals surface area (Å²) in [4.78, 5) is 34.3. The number of carbonyl (C=O) groups excluding carboxylic acids is 1. The summed E-state index contributed by atoms with van der Waals surface area (Å²) in [5.41, 5.74) is 3.74. The van der Waals surface area contributed by atoms with Crippen molar-refractivity contribution in [2.45, 2.75) is 52.2 Å². The predicted octanol–water partition coefficient (Wildman–Crippen LogP) is 4.08. The molecule has 2 radical (unpaired) electrons. The van der Waals surface area contributed by atoms with Crippen molar-refractivity contribution in [3.63, 3.8) is 0 Å². The number of aromatic nitrogens is 2. The van der Waals surface area contributed by atoms with Crippen LogP contribution in [0.15, 0.2) is 41.2 Å². The zero-order valence-corrected chi connectivity index (χ0v) is 27.1. The number of anilines is 1. The second-order valence-corrected chi connectivity index (χ2v) is 9.15. The third-order valence-electron chi connectivity index (χ3n) is 5.60. The van der Waals surface area contributed by atoms with E-state index in [9.17, 15) is 9.59 Å². The van der Waals surface area contributed by atoms with E-state index in [-0.39, 0.29) is 51.1 Å². The molecule has 1 aromatic heterocycles. The van der Waals surface area contributed by atoms with Crippen molar-refractivity contribution in [2.75, 3.05) is 11.4 Å². The third kappa shape index (κ3) is 15.2. The quantitative estimate of drug-likeness (QED) is 0.184. The minimum absolute atomic E-state index is 0. The van der Waals surface area contributed by atoms with E-state index in [1.54, 1.807) is 19.1 Å². The Labute approximate surface area is 287 Å². The van der Waals surface area contributed by atoms with Crippen LogP contribution in [0.2, 0.25) is 0 Å². The molecule has 1 aliphatic rings. The van der Waals surface area contributed by atoms with E-state index in [2.05, 4.69) is 60.7 Å². The Morgan fingerprint density at radius 1 is 0.978 bits per heavy atom. The monoisotopic (exact) mass is 715 g/mol. The molecule has 0 aliphatic heterocycles. The van der Waals surface area contributed by atoms with Crippen molar-refractivity contribution in [1.29, 1.82) is 0 Å². The first-order chi connectivity index (χ1) is 21.2. The van der Waals surface area contributed by atoms with Crippen molar-refractivity contribution in [3.05, 3.63) is 109 Å². The Bertz CT molecular complexity index is 1530. The number of H-pyrrole nitrogens is 1. The van der Waals surface area contributed by atoms with E-state index >= 15 is 0 Å². The average molecular weight is 715 g/mol. The number of fused-ring (bicyclic) bond motifs is 2. The van der Waals surface area contributed by atoms with Gasteiger partial charge in [-0.2, -0.15) is 0 Å². The van der Waals surface area contributed by atoms with Gasteiger partial charge in [0.15, 0.2) is 0 Å². The molecular formula is C32H27Co2N3O9. The molecular weight excluding hydrogens is 688 g/mol. The molecule has 4 rings (SSSR count). The van der Waals surface area contributed by atoms with E-state index in [0.717, 1.165) is 29.6 Å². The van der Waals surface area contributed by atoms with Gasteiger partial charge in [0, 0.05) is 39.2 Å². The summed E-state index contributed by atoms with van der Waals surface area (Å²) in [6.07, 6.45) is 7.48. The summed E-state index contributed by atoms with van der Waals surface area (Å²) < 4.78 is 50.5. The molecule has 1 aliphatic carbocycles. The zero-order chi connectivity index (χ0) is 35.0. The first kappa shape index (κ1) is 51.4. The molecule has 1 atom stereocenters. The van der Waals surface area contributed by atoms with Crippen molar-refractivity contribution in [3.8, 4) is 12.3 Å². The van der Waals surface area contributed by atoms with E-state index in [0.29, 0.717) is 23.3 Å². The second-order valence-electron chi connectivity index (χ2n) is 9.15. The molecule has 0 saturated heterocycles. The number of benzene rings is 2. The molecule has 1 unspecified atom stereocenters. The fraction of sp³-hybridized carbons (Fsp3) is 0.281. The number of rotatable bonds is 4. The summed E-state index contributed by atoms with van der Waals surface area (Å²) >= 11 is 0. The van der Waals surface area contributed by atoms with E-state index in [1.165, 1.54) is 5.56 Å². The largest absolute Gasteiger partial charge is 0 e. The smallest absolute Gasteiger partial charge is 0 e. The summed E-state index contributed by atoms with van der Waals surface area (Å²) in [5.74, 6) is 3.01. The molecule has 2 aromatic carbocycles. The van der Waals surface area contributed by atoms with Crippen LogP contribution in [-0.2, 0) is 72.6 Å². The second kappa shape index (κ2) is 28.3. The van der Waals surface area contributed by atoms with Gasteiger partial charge in [-0.05, 0) is 88.1 Å². The number of nitrogens with one attached hydrogen (secondary N) is 1. The molecule has 1 heterocycles. The maximum absolute atomic E-state index is 12.5. The minimum Gasteiger partial charge on any atom is 0 e. The van der Waals surface area contributed by atoms with Crippen LogP contribution in [0, 0.1) is 59.2 Å². The average Bonchev–Trinajstić information content (AvgIpc) is 3.46. The fourth-order valence-corrected chi connectivity index (χ4v) is 4.27. The van der Waals surface area contributed by atoms with Crippen LogP contribution in [0.1, 0.15) is 60.5 Å². The first-order valence-corrected chi connectivity index (χ1v) is 12.0. The number of nitrogens with zero attached hydrogens (tertiary/aromatic N) is 2. The van der Waals surface area contributed by atoms with Crippen LogP contribution in [0.3, 0.4) is 0 Å². The number of hydrogen-bond donors (Lipinski definition) is 1. The Hall–Kier alpha value is -4.14. The molecule has 3 aromatic rings. The van der Waals surface area contributed by atoms with Crippen molar-refractivity contribution in [1.82, 2.24) is 9.97 Å². The van der Waals surface area contributed by atoms with Gasteiger partial charge in [0.25, 0.3) is 5.56 Å². The van der Waals surface area contributed by atoms with Crippen molar-refractivity contribution < 1.29 is 71.0 Å². The fourth-order valence-electron chi connectivity index (χ4n) is 4.27. The van der Waals surface area contributed by atoms with Crippen LogP contribution in [0.4, 0.5) is 5.69 Å². The predicted molar refractivity (Wildman–Crippen MR) is 150 cm³/mol. The molecule has 14 heteroatoms. The van der Waals surface area contributed by atoms with Gasteiger partial charge in [0.05, 0.1) is 29.1 Å². The molecule has 242 valence electrons. The van der Waals surface area contributed by atoms with Gasteiger partial charge in [0.2, 0.25) is 0 Å². The minimum atomic E-state index is -0.549. The van der Waals surface area contributed by atoms with Crippen molar-refractivity contribution >= 4 is 22.6 Å². The van der Waals surface area contributed by atoms with Crippen LogP contribution in [0.5, 0.6) is 0 Å². The number of esters is 1. The number of ether oxygens (including phenoxy) is 1. The van der Waals surface area contributed by atoms with Crippen LogP contribution >= 0.6 is 0 Å². The Morgan fingerprint density at radius 3 is 1.93 bits per heavy atom. The third-order valence-corrected chi connectivity index (χ3v) is 5.60. The van der Waals surface area contributed by atoms with E-state index < -0.39 is 5.60 Å². The van der Waals surface area contributed by atoms with Gasteiger partial charge < -0.3 is 14.6 Å². The zero-order valence-electron chi connectivity index (χ0n) is 25.0. The SMILES string of the molecule is C#CCN(c1ccc(C(=O)OC(C)(C)C)cc1)C1CCc2cc3nc(C)[nH]c(=O)c3cc21.[C-]#[O+].[C-]#[O+].[C-]#[O+].[C-]#[O+].[C-]#[O+].[C-]#[O+].[Co].[Co]. The number of aromatic amines is 1. The number of aryl methyl sites for hydroxylation is 2. The van der Waals surface area contributed by atoms with E-state index in [4.69, 9.17) is 39.1 Å². The summed E-state index contributed by atoms with van der Waals surface area (Å²) in [7, 11) is 0. The molecule has 0 fully saturated rings. The molecule has 0 amide bonds. The molecule has 46 heavy (non-hydrogen) atoms. The molecule has 0 saturated carbocycles. The van der Waals surface area contributed by atoms with Crippen LogP contribution < -0.4 is 10.5 Å². The van der Waals surface area contributed by atoms with Gasteiger partial charge in [-0.1, -0.05) is 5.92 Å². The molecule has 0 spiro atoms. The Balaban J connectivity index is -0.000000360. The Morgan fingerprint density at radius 2 is 1.48 bits per heavy atom. The molecule has 12 nitrogen and oxygen atoms in total. The number of hydrogen-bond acceptors (Lipinski definition) is 5. The number of terminal acetylenes is 1. The molecule has 0 bridgehead atoms. The van der Waals surface area contributed by atoms with Gasteiger partial charge >= 0.3 is 73.8 Å². The maximum atomic E-state index is 12.5. The van der Waals surface area contributed by atoms with Gasteiger partial charge in [-0.3, -0.25) is 4.79 Å². The van der Waals surface area contributed by atoms with E-state index in [1.807, 2.05) is 45.0 Å². The van der Waals surface area contributed by atoms with Crippen LogP contribution in [0.25, 0.3) is 10.9 Å². The normalized spacial score (nSPS) is 10.9. The van der Waals surface area contributed by atoms with Crippen molar-refractivity contribution in [2.24, 2.45) is 0 Å². The molecule has 1 N–H and O–H groups in total. The Kier molecular flexibility index (Phi) is 31.7. The van der Waals surface area contributed by atoms with Gasteiger partial charge in [-0.25, -0.2) is 9.78 Å². The topological polar surface area (TPSA) is 195 Å². The van der Waals surface area contributed by atoms with Crippen LogP contribution in [-0.4, -0.2) is 28.1 Å². The summed E-state index contributed by atoms with van der Waals surface area (Å²) in [6.45, 7) is 34.7.